The number of aliphatic hydroxyl groups is 1. The van der Waals surface area contributed by atoms with E-state index in [0.717, 1.165) is 18.7 Å². The third-order valence-electron chi connectivity index (χ3n) is 5.23. The number of carbonyl (C=O) groups excluding carboxylic acids is 2. The van der Waals surface area contributed by atoms with Crippen molar-refractivity contribution >= 4 is 29.2 Å². The summed E-state index contributed by atoms with van der Waals surface area (Å²) in [5.74, 6) is -2.11. The van der Waals surface area contributed by atoms with Crippen LogP contribution < -0.4 is 10.2 Å². The number of anilines is 2. The lowest BCUT2D eigenvalue weighted by Gasteiger charge is -2.32. The maximum atomic E-state index is 12.6. The molecule has 1 saturated heterocycles. The summed E-state index contributed by atoms with van der Waals surface area (Å²) in [4.78, 5) is 39.3. The molecule has 2 heterocycles. The van der Waals surface area contributed by atoms with Crippen molar-refractivity contribution in [3.8, 4) is 0 Å². The molecule has 2 aliphatic rings. The number of amides is 1. The number of benzene rings is 1. The lowest BCUT2D eigenvalue weighted by atomic mass is 9.98. The van der Waals surface area contributed by atoms with Crippen molar-refractivity contribution in [3.05, 3.63) is 35.5 Å². The van der Waals surface area contributed by atoms with Crippen LogP contribution in [-0.4, -0.2) is 72.9 Å². The molecule has 1 atom stereocenters. The molecule has 0 bridgehead atoms. The number of rotatable bonds is 7. The number of hydrogen-bond acceptors (Lipinski definition) is 7. The number of carboxylic acid groups (broad SMARTS) is 1. The fourth-order valence-corrected chi connectivity index (χ4v) is 3.66. The highest BCUT2D eigenvalue weighted by Gasteiger charge is 2.34. The average Bonchev–Trinajstić information content (AvgIpc) is 3.04. The number of carboxylic acids is 1. The van der Waals surface area contributed by atoms with Gasteiger partial charge in [0, 0.05) is 31.0 Å². The van der Waals surface area contributed by atoms with Gasteiger partial charge in [-0.25, -0.2) is 4.79 Å². The molecule has 0 saturated carbocycles. The Morgan fingerprint density at radius 2 is 2.00 bits per heavy atom. The minimum atomic E-state index is -0.776. The van der Waals surface area contributed by atoms with E-state index in [4.69, 9.17) is 9.84 Å². The van der Waals surface area contributed by atoms with E-state index >= 15 is 0 Å². The number of piperidine rings is 1. The van der Waals surface area contributed by atoms with Gasteiger partial charge < -0.3 is 30.1 Å². The Labute approximate surface area is 168 Å². The molecule has 0 aliphatic carbocycles. The first-order valence-corrected chi connectivity index (χ1v) is 9.51. The highest BCUT2D eigenvalue weighted by molar-refractivity contribution is 6.08. The molecule has 156 valence electrons. The van der Waals surface area contributed by atoms with Gasteiger partial charge >= 0.3 is 11.9 Å². The fourth-order valence-electron chi connectivity index (χ4n) is 3.66. The number of ether oxygens (including phenoxy) is 1. The Kier molecular flexibility index (Phi) is 6.38. The largest absolute Gasteiger partial charge is 0.481 e. The first-order chi connectivity index (χ1) is 13.9. The van der Waals surface area contributed by atoms with Crippen LogP contribution in [0.4, 0.5) is 11.4 Å². The van der Waals surface area contributed by atoms with Crippen LogP contribution in [0, 0.1) is 5.92 Å². The summed E-state index contributed by atoms with van der Waals surface area (Å²) in [6.07, 6.45) is 1.50. The number of methoxy groups -OCH3 is 1. The predicted octanol–water partition coefficient (Wildman–Crippen LogP) is 0.661. The Bertz CT molecular complexity index is 820. The summed E-state index contributed by atoms with van der Waals surface area (Å²) >= 11 is 0. The van der Waals surface area contributed by atoms with E-state index in [1.54, 1.807) is 12.1 Å². The molecule has 29 heavy (non-hydrogen) atoms. The number of hydrogen-bond donors (Lipinski definition) is 3. The van der Waals surface area contributed by atoms with Crippen molar-refractivity contribution in [3.63, 3.8) is 0 Å². The molecule has 3 rings (SSSR count). The van der Waals surface area contributed by atoms with E-state index in [0.29, 0.717) is 18.7 Å². The van der Waals surface area contributed by atoms with Crippen LogP contribution in [0.5, 0.6) is 0 Å². The van der Waals surface area contributed by atoms with Crippen molar-refractivity contribution in [2.24, 2.45) is 5.92 Å². The third kappa shape index (κ3) is 4.51. The minimum absolute atomic E-state index is 0.0802. The molecule has 1 aromatic carbocycles. The number of nitrogens with one attached hydrogen (secondary N) is 1. The Morgan fingerprint density at radius 3 is 2.62 bits per heavy atom. The van der Waals surface area contributed by atoms with E-state index in [1.807, 2.05) is 17.0 Å². The molecule has 1 unspecified atom stereocenters. The molecule has 9 nitrogen and oxygen atoms in total. The van der Waals surface area contributed by atoms with Gasteiger partial charge in [0.1, 0.15) is 5.70 Å². The highest BCUT2D eigenvalue weighted by Crippen LogP contribution is 2.27. The van der Waals surface area contributed by atoms with Crippen LogP contribution in [0.1, 0.15) is 12.8 Å². The van der Waals surface area contributed by atoms with Gasteiger partial charge in [0.15, 0.2) is 0 Å². The van der Waals surface area contributed by atoms with Crippen LogP contribution in [0.2, 0.25) is 0 Å². The van der Waals surface area contributed by atoms with E-state index < -0.39 is 11.9 Å². The van der Waals surface area contributed by atoms with Crippen molar-refractivity contribution in [2.45, 2.75) is 12.8 Å². The molecule has 9 heteroatoms. The van der Waals surface area contributed by atoms with Crippen LogP contribution in [0.25, 0.3) is 0 Å². The van der Waals surface area contributed by atoms with Crippen LogP contribution >= 0.6 is 0 Å². The van der Waals surface area contributed by atoms with Gasteiger partial charge in [0.2, 0.25) is 0 Å². The second-order valence-electron chi connectivity index (χ2n) is 7.09. The first-order valence-electron chi connectivity index (χ1n) is 9.51. The Morgan fingerprint density at radius 1 is 1.28 bits per heavy atom. The SMILES string of the molecule is COC(=O)C1=C(Nc2ccc(N3CCCC(C(=O)O)C3)cc2)C(=O)N(CCO)C1. The number of esters is 1. The lowest BCUT2D eigenvalue weighted by molar-refractivity contribution is -0.142. The molecular formula is C20H25N3O6. The quantitative estimate of drug-likeness (QED) is 0.568. The number of aliphatic hydroxyl groups excluding tert-OH is 1. The van der Waals surface area contributed by atoms with E-state index in [1.165, 1.54) is 12.0 Å². The molecule has 0 spiro atoms. The Balaban J connectivity index is 1.75. The molecule has 0 aromatic heterocycles. The minimum Gasteiger partial charge on any atom is -0.481 e. The van der Waals surface area contributed by atoms with E-state index in [2.05, 4.69) is 5.32 Å². The second kappa shape index (κ2) is 8.95. The van der Waals surface area contributed by atoms with Crippen molar-refractivity contribution in [2.75, 3.05) is 50.1 Å². The van der Waals surface area contributed by atoms with E-state index in [-0.39, 0.29) is 42.8 Å². The first kappa shape index (κ1) is 20.7. The fraction of sp³-hybridized carbons (Fsp3) is 0.450. The zero-order valence-corrected chi connectivity index (χ0v) is 16.3. The molecule has 1 fully saturated rings. The van der Waals surface area contributed by atoms with Gasteiger partial charge in [-0.1, -0.05) is 0 Å². The van der Waals surface area contributed by atoms with Crippen LogP contribution in [0.3, 0.4) is 0 Å². The zero-order chi connectivity index (χ0) is 21.0. The van der Waals surface area contributed by atoms with Gasteiger partial charge in [-0.3, -0.25) is 9.59 Å². The number of β-amino-alcohol motifs (C(OH)–C–C–N with tert-alkyl or cyclic N) is 1. The average molecular weight is 403 g/mol. The normalized spacial score (nSPS) is 19.5. The van der Waals surface area contributed by atoms with Crippen LogP contribution in [-0.2, 0) is 19.1 Å². The Hall–Kier alpha value is -3.07. The lowest BCUT2D eigenvalue weighted by Crippen LogP contribution is -2.38. The van der Waals surface area contributed by atoms with Gasteiger partial charge in [-0.2, -0.15) is 0 Å². The van der Waals surface area contributed by atoms with Gasteiger partial charge in [0.25, 0.3) is 5.91 Å². The topological polar surface area (TPSA) is 119 Å². The molecule has 2 aliphatic heterocycles. The van der Waals surface area contributed by atoms with Crippen molar-refractivity contribution in [1.82, 2.24) is 4.90 Å². The van der Waals surface area contributed by atoms with Crippen LogP contribution in [0.15, 0.2) is 35.5 Å². The second-order valence-corrected chi connectivity index (χ2v) is 7.09. The number of nitrogens with zero attached hydrogens (tertiary/aromatic N) is 2. The summed E-state index contributed by atoms with van der Waals surface area (Å²) < 4.78 is 4.77. The van der Waals surface area contributed by atoms with Gasteiger partial charge in [-0.05, 0) is 37.1 Å². The van der Waals surface area contributed by atoms with Crippen molar-refractivity contribution in [1.29, 1.82) is 0 Å². The predicted molar refractivity (Wildman–Crippen MR) is 105 cm³/mol. The van der Waals surface area contributed by atoms with E-state index in [9.17, 15) is 19.5 Å². The molecular weight excluding hydrogens is 378 g/mol. The monoisotopic (exact) mass is 403 g/mol. The van der Waals surface area contributed by atoms with Gasteiger partial charge in [-0.15, -0.1) is 0 Å². The maximum absolute atomic E-state index is 12.6. The summed E-state index contributed by atoms with van der Waals surface area (Å²) in [5.41, 5.74) is 1.89. The molecule has 1 aromatic rings. The zero-order valence-electron chi connectivity index (χ0n) is 16.3. The molecule has 3 N–H and O–H groups in total. The smallest absolute Gasteiger partial charge is 0.337 e. The maximum Gasteiger partial charge on any atom is 0.337 e. The highest BCUT2D eigenvalue weighted by atomic mass is 16.5. The third-order valence-corrected chi connectivity index (χ3v) is 5.23. The standard InChI is InChI=1S/C20H25N3O6/c1-29-20(28)16-12-23(9-10-24)18(25)17(16)21-14-4-6-15(7-5-14)22-8-2-3-13(11-22)19(26)27/h4-7,13,21,24H,2-3,8-12H2,1H3,(H,26,27). The number of carbonyl (C=O) groups is 3. The summed E-state index contributed by atoms with van der Waals surface area (Å²) in [6.45, 7) is 1.27. The summed E-state index contributed by atoms with van der Waals surface area (Å²) in [7, 11) is 1.25. The van der Waals surface area contributed by atoms with Gasteiger partial charge in [0.05, 0.1) is 31.8 Å². The molecule has 0 radical (unpaired) electrons. The molecule has 1 amide bonds. The number of aliphatic carboxylic acids is 1. The summed E-state index contributed by atoms with van der Waals surface area (Å²) in [5, 5.41) is 21.4. The summed E-state index contributed by atoms with van der Waals surface area (Å²) in [6, 6.07) is 7.28. The van der Waals surface area contributed by atoms with Crippen molar-refractivity contribution < 1.29 is 29.3 Å².